The van der Waals surface area contributed by atoms with Crippen LogP contribution in [0.1, 0.15) is 42.8 Å². The molecular formula is C20H27N5O2. The molecule has 2 aromatic rings. The average molecular weight is 369 g/mol. The molecule has 3 heterocycles. The van der Waals surface area contributed by atoms with Crippen LogP contribution >= 0.6 is 0 Å². The fourth-order valence-electron chi connectivity index (χ4n) is 3.81. The molecule has 0 unspecified atom stereocenters. The predicted molar refractivity (Wildman–Crippen MR) is 103 cm³/mol. The standard InChI is InChI=1S/C20H27N5O2/c1-15-5-7-17(8-6-15)14-25-19(18-4-3-13-27-18)21-22-20(25)24-11-9-23(10-12-24)16(2)26/h5-8,18H,3-4,9-14H2,1-2H3/t18-/m0/s1. The summed E-state index contributed by atoms with van der Waals surface area (Å²) in [6.07, 6.45) is 2.08. The lowest BCUT2D eigenvalue weighted by molar-refractivity contribution is -0.129. The molecule has 1 atom stereocenters. The van der Waals surface area contributed by atoms with Crippen molar-refractivity contribution < 1.29 is 9.53 Å². The maximum Gasteiger partial charge on any atom is 0.227 e. The largest absolute Gasteiger partial charge is 0.370 e. The third kappa shape index (κ3) is 3.83. The smallest absolute Gasteiger partial charge is 0.227 e. The first-order valence-electron chi connectivity index (χ1n) is 9.72. The number of aromatic nitrogens is 3. The molecule has 4 rings (SSSR count). The van der Waals surface area contributed by atoms with E-state index in [1.165, 1.54) is 11.1 Å². The van der Waals surface area contributed by atoms with Gasteiger partial charge in [-0.3, -0.25) is 9.36 Å². The van der Waals surface area contributed by atoms with E-state index in [-0.39, 0.29) is 12.0 Å². The molecule has 0 N–H and O–H groups in total. The number of benzene rings is 1. The van der Waals surface area contributed by atoms with Gasteiger partial charge in [-0.05, 0) is 25.3 Å². The van der Waals surface area contributed by atoms with Gasteiger partial charge < -0.3 is 14.5 Å². The van der Waals surface area contributed by atoms with Crippen molar-refractivity contribution in [1.82, 2.24) is 19.7 Å². The zero-order valence-corrected chi connectivity index (χ0v) is 16.1. The summed E-state index contributed by atoms with van der Waals surface area (Å²) >= 11 is 0. The lowest BCUT2D eigenvalue weighted by Gasteiger charge is -2.34. The number of rotatable bonds is 4. The molecule has 1 amide bonds. The first-order valence-corrected chi connectivity index (χ1v) is 9.72. The van der Waals surface area contributed by atoms with Crippen LogP contribution < -0.4 is 4.90 Å². The Morgan fingerprint density at radius 1 is 1.15 bits per heavy atom. The number of amides is 1. The topological polar surface area (TPSA) is 63.5 Å². The first-order chi connectivity index (χ1) is 13.1. The Morgan fingerprint density at radius 3 is 2.52 bits per heavy atom. The summed E-state index contributed by atoms with van der Waals surface area (Å²) in [5.41, 5.74) is 2.48. The summed E-state index contributed by atoms with van der Waals surface area (Å²) in [4.78, 5) is 15.7. The molecule has 27 heavy (non-hydrogen) atoms. The molecule has 1 aromatic carbocycles. The number of aryl methyl sites for hydroxylation is 1. The zero-order chi connectivity index (χ0) is 18.8. The van der Waals surface area contributed by atoms with Gasteiger partial charge in [0.05, 0.1) is 6.54 Å². The van der Waals surface area contributed by atoms with Crippen LogP contribution in [0.25, 0.3) is 0 Å². The maximum atomic E-state index is 11.6. The van der Waals surface area contributed by atoms with Crippen LogP contribution in [0.2, 0.25) is 0 Å². The quantitative estimate of drug-likeness (QED) is 0.826. The molecule has 2 aliphatic heterocycles. The van der Waals surface area contributed by atoms with Crippen molar-refractivity contribution in [3.8, 4) is 0 Å². The Hall–Kier alpha value is -2.41. The molecule has 2 aliphatic rings. The molecule has 2 saturated heterocycles. The van der Waals surface area contributed by atoms with Gasteiger partial charge in [-0.25, -0.2) is 0 Å². The number of carbonyl (C=O) groups is 1. The lowest BCUT2D eigenvalue weighted by Crippen LogP contribution is -2.49. The number of carbonyl (C=O) groups excluding carboxylic acids is 1. The Bertz CT molecular complexity index is 787. The molecule has 0 saturated carbocycles. The molecule has 0 aliphatic carbocycles. The Morgan fingerprint density at radius 2 is 1.89 bits per heavy atom. The van der Waals surface area contributed by atoms with Gasteiger partial charge in [-0.15, -0.1) is 10.2 Å². The van der Waals surface area contributed by atoms with E-state index in [1.54, 1.807) is 6.92 Å². The van der Waals surface area contributed by atoms with Crippen LogP contribution in [0, 0.1) is 6.92 Å². The fourth-order valence-corrected chi connectivity index (χ4v) is 3.81. The van der Waals surface area contributed by atoms with Gasteiger partial charge in [0.25, 0.3) is 0 Å². The highest BCUT2D eigenvalue weighted by Gasteiger charge is 2.29. The molecule has 2 fully saturated rings. The van der Waals surface area contributed by atoms with E-state index in [2.05, 4.69) is 50.9 Å². The van der Waals surface area contributed by atoms with E-state index in [4.69, 9.17) is 4.74 Å². The van der Waals surface area contributed by atoms with Gasteiger partial charge in [0.2, 0.25) is 11.9 Å². The molecule has 144 valence electrons. The van der Waals surface area contributed by atoms with Crippen LogP contribution in [0.5, 0.6) is 0 Å². The Labute approximate surface area is 159 Å². The highest BCUT2D eigenvalue weighted by molar-refractivity contribution is 5.73. The second-order valence-electron chi connectivity index (χ2n) is 7.42. The summed E-state index contributed by atoms with van der Waals surface area (Å²) in [7, 11) is 0. The summed E-state index contributed by atoms with van der Waals surface area (Å²) in [6.45, 7) is 8.24. The minimum Gasteiger partial charge on any atom is -0.370 e. The fraction of sp³-hybridized carbons (Fsp3) is 0.550. The van der Waals surface area contributed by atoms with E-state index < -0.39 is 0 Å². The summed E-state index contributed by atoms with van der Waals surface area (Å²) in [6, 6.07) is 8.59. The minimum absolute atomic E-state index is 0.0233. The predicted octanol–water partition coefficient (Wildman–Crippen LogP) is 2.15. The van der Waals surface area contributed by atoms with Crippen molar-refractivity contribution in [2.75, 3.05) is 37.7 Å². The monoisotopic (exact) mass is 369 g/mol. The SMILES string of the molecule is CC(=O)N1CCN(c2nnc([C@@H]3CCCO3)n2Cc2ccc(C)cc2)CC1. The number of hydrogen-bond donors (Lipinski definition) is 0. The van der Waals surface area contributed by atoms with Gasteiger partial charge in [0.15, 0.2) is 5.82 Å². The number of nitrogens with zero attached hydrogens (tertiary/aromatic N) is 5. The van der Waals surface area contributed by atoms with Gasteiger partial charge in [-0.2, -0.15) is 0 Å². The molecule has 1 aromatic heterocycles. The van der Waals surface area contributed by atoms with Crippen LogP contribution in [0.3, 0.4) is 0 Å². The molecular weight excluding hydrogens is 342 g/mol. The van der Waals surface area contributed by atoms with E-state index in [0.29, 0.717) is 0 Å². The lowest BCUT2D eigenvalue weighted by atomic mass is 10.1. The highest BCUT2D eigenvalue weighted by Crippen LogP contribution is 2.30. The zero-order valence-electron chi connectivity index (χ0n) is 16.1. The Kier molecular flexibility index (Phi) is 5.11. The minimum atomic E-state index is 0.0233. The van der Waals surface area contributed by atoms with Gasteiger partial charge in [0, 0.05) is 39.7 Å². The first kappa shape index (κ1) is 18.0. The van der Waals surface area contributed by atoms with E-state index in [9.17, 15) is 4.79 Å². The van der Waals surface area contributed by atoms with Gasteiger partial charge in [0.1, 0.15) is 6.10 Å². The van der Waals surface area contributed by atoms with E-state index >= 15 is 0 Å². The molecule has 7 heteroatoms. The second kappa shape index (κ2) is 7.68. The summed E-state index contributed by atoms with van der Waals surface area (Å²) in [5, 5.41) is 9.03. The highest BCUT2D eigenvalue weighted by atomic mass is 16.5. The van der Waals surface area contributed by atoms with E-state index in [1.807, 2.05) is 4.90 Å². The normalized spacial score (nSPS) is 20.3. The molecule has 7 nitrogen and oxygen atoms in total. The van der Waals surface area contributed by atoms with Crippen molar-refractivity contribution in [3.05, 3.63) is 41.2 Å². The molecule has 0 bridgehead atoms. The number of anilines is 1. The second-order valence-corrected chi connectivity index (χ2v) is 7.42. The molecule has 0 spiro atoms. The summed E-state index contributed by atoms with van der Waals surface area (Å²) in [5.74, 6) is 1.93. The van der Waals surface area contributed by atoms with Crippen molar-refractivity contribution in [1.29, 1.82) is 0 Å². The van der Waals surface area contributed by atoms with Crippen molar-refractivity contribution in [2.45, 2.75) is 39.3 Å². The third-order valence-electron chi connectivity index (χ3n) is 5.45. The summed E-state index contributed by atoms with van der Waals surface area (Å²) < 4.78 is 8.09. The maximum absolute atomic E-state index is 11.6. The number of piperazine rings is 1. The van der Waals surface area contributed by atoms with Crippen molar-refractivity contribution in [2.24, 2.45) is 0 Å². The molecule has 0 radical (unpaired) electrons. The van der Waals surface area contributed by atoms with Crippen molar-refractivity contribution >= 4 is 11.9 Å². The van der Waals surface area contributed by atoms with Crippen LogP contribution in [0.15, 0.2) is 24.3 Å². The van der Waals surface area contributed by atoms with Gasteiger partial charge in [-0.1, -0.05) is 29.8 Å². The van der Waals surface area contributed by atoms with Crippen LogP contribution in [0.4, 0.5) is 5.95 Å². The Balaban J connectivity index is 1.61. The van der Waals surface area contributed by atoms with Gasteiger partial charge >= 0.3 is 0 Å². The number of hydrogen-bond acceptors (Lipinski definition) is 5. The average Bonchev–Trinajstić information content (AvgIpc) is 3.33. The number of ether oxygens (including phenoxy) is 1. The van der Waals surface area contributed by atoms with Crippen molar-refractivity contribution in [3.63, 3.8) is 0 Å². The third-order valence-corrected chi connectivity index (χ3v) is 5.45. The van der Waals surface area contributed by atoms with E-state index in [0.717, 1.165) is 63.9 Å². The van der Waals surface area contributed by atoms with Crippen LogP contribution in [-0.4, -0.2) is 58.4 Å². The van der Waals surface area contributed by atoms with Crippen LogP contribution in [-0.2, 0) is 16.1 Å².